The Labute approximate surface area is 646 Å². The highest BCUT2D eigenvalue weighted by Gasteiger charge is 2.25. The van der Waals surface area contributed by atoms with Gasteiger partial charge in [-0.05, 0) is 127 Å². The molecule has 8 nitrogen and oxygen atoms in total. The van der Waals surface area contributed by atoms with E-state index in [9.17, 15) is 0 Å². The molecule has 0 saturated heterocycles. The van der Waals surface area contributed by atoms with E-state index in [2.05, 4.69) is 407 Å². The van der Waals surface area contributed by atoms with Gasteiger partial charge in [-0.1, -0.05) is 285 Å². The lowest BCUT2D eigenvalue weighted by Gasteiger charge is -2.14. The Morgan fingerprint density at radius 2 is 0.429 bits per heavy atom. The molecule has 0 saturated carbocycles. The number of hydrogen-bond donors (Lipinski definition) is 0. The van der Waals surface area contributed by atoms with Gasteiger partial charge in [0, 0.05) is 110 Å². The van der Waals surface area contributed by atoms with Crippen molar-refractivity contribution < 1.29 is 0 Å². The molecule has 22 aromatic rings. The number of nitrogens with zero attached hydrogens (tertiary/aromatic N) is 8. The molecule has 22 rings (SSSR count). The predicted molar refractivity (Wildman–Crippen MR) is 465 cm³/mol. The summed E-state index contributed by atoms with van der Waals surface area (Å²) in [6.45, 7) is 0. The van der Waals surface area contributed by atoms with Gasteiger partial charge in [-0.15, -0.1) is 0 Å². The Kier molecular flexibility index (Phi) is 16.1. The quantitative estimate of drug-likeness (QED) is 0.122. The van der Waals surface area contributed by atoms with Crippen molar-refractivity contribution in [1.82, 2.24) is 38.2 Å². The summed E-state index contributed by atoms with van der Waals surface area (Å²) in [5, 5.41) is 9.90. The summed E-state index contributed by atoms with van der Waals surface area (Å²) in [4.78, 5) is 20.7. The highest BCUT2D eigenvalue weighted by atomic mass is 15.1. The van der Waals surface area contributed by atoms with Gasteiger partial charge in [-0.25, -0.2) is 19.9 Å². The third-order valence-corrected chi connectivity index (χ3v) is 21.8. The second-order valence-corrected chi connectivity index (χ2v) is 28.4. The maximum Gasteiger partial charge on any atom is 0.0788 e. The average molecular weight is 1430 g/mol. The van der Waals surface area contributed by atoms with E-state index in [0.717, 1.165) is 118 Å². The Morgan fingerprint density at radius 1 is 0.143 bits per heavy atom. The minimum atomic E-state index is 0.899. The molecule has 0 atom stereocenters. The smallest absolute Gasteiger partial charge is 0.0788 e. The van der Waals surface area contributed by atoms with Crippen LogP contribution in [0.3, 0.4) is 0 Å². The molecule has 14 aromatic carbocycles. The number of aromatic nitrogens is 8. The highest BCUT2D eigenvalue weighted by Crippen LogP contribution is 2.45. The first kappa shape index (κ1) is 65.2. The number of fused-ring (bicyclic) bond motifs is 14. The van der Waals surface area contributed by atoms with Crippen LogP contribution in [0, 0.1) is 0 Å². The van der Waals surface area contributed by atoms with Crippen LogP contribution in [0.1, 0.15) is 0 Å². The molecule has 112 heavy (non-hydrogen) atoms. The van der Waals surface area contributed by atoms with Crippen molar-refractivity contribution >= 4 is 87.2 Å². The van der Waals surface area contributed by atoms with Crippen LogP contribution in [0.4, 0.5) is 0 Å². The molecule has 0 spiro atoms. The van der Waals surface area contributed by atoms with E-state index in [1.54, 1.807) is 0 Å². The van der Waals surface area contributed by atoms with Crippen LogP contribution in [0.15, 0.2) is 413 Å². The summed E-state index contributed by atoms with van der Waals surface area (Å²) >= 11 is 0. The molecule has 0 unspecified atom stereocenters. The van der Waals surface area contributed by atoms with Crippen molar-refractivity contribution in [3.63, 3.8) is 0 Å². The van der Waals surface area contributed by atoms with Gasteiger partial charge in [0.25, 0.3) is 0 Å². The predicted octanol–water partition coefficient (Wildman–Crippen LogP) is 26.7. The van der Waals surface area contributed by atoms with E-state index in [-0.39, 0.29) is 0 Å². The van der Waals surface area contributed by atoms with Gasteiger partial charge in [0.05, 0.1) is 89.7 Å². The van der Waals surface area contributed by atoms with E-state index in [4.69, 9.17) is 19.9 Å². The molecule has 524 valence electrons. The minimum absolute atomic E-state index is 0.899. The maximum atomic E-state index is 5.32. The van der Waals surface area contributed by atoms with Gasteiger partial charge < -0.3 is 18.3 Å². The van der Waals surface area contributed by atoms with Crippen LogP contribution in [0.25, 0.3) is 200 Å². The summed E-state index contributed by atoms with van der Waals surface area (Å²) in [6, 6.07) is 146. The number of rotatable bonds is 12. The van der Waals surface area contributed by atoms with E-state index in [1.807, 2.05) is 24.3 Å². The first-order valence-electron chi connectivity index (χ1n) is 38.0. The lowest BCUT2D eigenvalue weighted by Crippen LogP contribution is -1.99. The Morgan fingerprint density at radius 3 is 0.866 bits per heavy atom. The largest absolute Gasteiger partial charge is 0.309 e. The summed E-state index contributed by atoms with van der Waals surface area (Å²) in [5.41, 5.74) is 29.8. The second-order valence-electron chi connectivity index (χ2n) is 28.4. The van der Waals surface area contributed by atoms with Crippen molar-refractivity contribution in [2.24, 2.45) is 0 Å². The summed E-state index contributed by atoms with van der Waals surface area (Å²) in [6.07, 6.45) is 0. The van der Waals surface area contributed by atoms with E-state index >= 15 is 0 Å². The first-order valence-corrected chi connectivity index (χ1v) is 38.0. The molecule has 0 amide bonds. The monoisotopic (exact) mass is 1430 g/mol. The van der Waals surface area contributed by atoms with Gasteiger partial charge in [0.15, 0.2) is 0 Å². The molecular weight excluding hydrogens is 1360 g/mol. The molecule has 0 N–H and O–H groups in total. The van der Waals surface area contributed by atoms with Crippen LogP contribution in [-0.4, -0.2) is 38.2 Å². The van der Waals surface area contributed by atoms with E-state index in [1.165, 1.54) is 81.7 Å². The van der Waals surface area contributed by atoms with Crippen LogP contribution in [0.2, 0.25) is 0 Å². The van der Waals surface area contributed by atoms with Crippen molar-refractivity contribution in [3.05, 3.63) is 413 Å². The number of hydrogen-bond acceptors (Lipinski definition) is 4. The lowest BCUT2D eigenvalue weighted by molar-refractivity contribution is 1.15. The standard InChI is InChI=1S/2C52H34N4/c1-4-16-35(17-5-1)47-33-38(34-48(54-47)36-18-6-2-7-19-36)46-27-15-26-45(53-46)37-20-14-23-40(32-37)56-50-29-13-11-25-42(50)44-31-30-43-41-24-10-12-28-49(41)55(51(43)52(44)56)39-21-8-3-9-22-39;1-4-15-35(16-5-1)46-33-38(34-47(54-46)36-17-6-2-7-18-36)45-24-14-23-44(53-45)37-27-29-40(30-28-37)55-49-26-13-11-22-43(49)51-50(55)32-31-42-41-21-10-12-25-48(41)56(52(42)51)39-19-8-3-9-20-39/h2*1-34H. The fourth-order valence-corrected chi connectivity index (χ4v) is 16.7. The molecule has 0 aliphatic heterocycles. The van der Waals surface area contributed by atoms with Crippen molar-refractivity contribution in [2.75, 3.05) is 0 Å². The molecular formula is C104H68N8. The summed E-state index contributed by atoms with van der Waals surface area (Å²) < 4.78 is 9.71. The topological polar surface area (TPSA) is 71.3 Å². The molecule has 0 aliphatic rings. The fraction of sp³-hybridized carbons (Fsp3) is 0. The van der Waals surface area contributed by atoms with Crippen molar-refractivity contribution in [3.8, 4) is 113 Å². The fourth-order valence-electron chi connectivity index (χ4n) is 16.7. The van der Waals surface area contributed by atoms with Gasteiger partial charge in [0.2, 0.25) is 0 Å². The minimum Gasteiger partial charge on any atom is -0.309 e. The first-order chi connectivity index (χ1) is 55.6. The zero-order valence-corrected chi connectivity index (χ0v) is 60.8. The lowest BCUT2D eigenvalue weighted by atomic mass is 10.0. The molecule has 8 aromatic heterocycles. The zero-order chi connectivity index (χ0) is 74.0. The number of pyridine rings is 4. The van der Waals surface area contributed by atoms with Crippen LogP contribution in [0.5, 0.6) is 0 Å². The van der Waals surface area contributed by atoms with Gasteiger partial charge in [-0.2, -0.15) is 0 Å². The zero-order valence-electron chi connectivity index (χ0n) is 60.8. The van der Waals surface area contributed by atoms with Gasteiger partial charge in [0.1, 0.15) is 0 Å². The molecule has 0 bridgehead atoms. The number of para-hydroxylation sites is 6. The third-order valence-electron chi connectivity index (χ3n) is 21.8. The van der Waals surface area contributed by atoms with Crippen LogP contribution >= 0.6 is 0 Å². The Balaban J connectivity index is 0.000000141. The van der Waals surface area contributed by atoms with E-state index < -0.39 is 0 Å². The third kappa shape index (κ3) is 11.4. The Bertz CT molecular complexity index is 7210. The molecule has 0 fully saturated rings. The normalized spacial score (nSPS) is 11.6. The van der Waals surface area contributed by atoms with Crippen LogP contribution in [-0.2, 0) is 0 Å². The van der Waals surface area contributed by atoms with Crippen LogP contribution < -0.4 is 0 Å². The second kappa shape index (κ2) is 27.6. The molecule has 0 aliphatic carbocycles. The Hall–Kier alpha value is -15.1. The van der Waals surface area contributed by atoms with E-state index in [0.29, 0.717) is 0 Å². The van der Waals surface area contributed by atoms with Crippen molar-refractivity contribution in [2.45, 2.75) is 0 Å². The molecule has 8 heterocycles. The highest BCUT2D eigenvalue weighted by molar-refractivity contribution is 6.27. The average Bonchev–Trinajstić information content (AvgIpc) is 1.55. The number of benzene rings is 14. The summed E-state index contributed by atoms with van der Waals surface area (Å²) in [7, 11) is 0. The van der Waals surface area contributed by atoms with Gasteiger partial charge in [-0.3, -0.25) is 0 Å². The molecule has 8 heteroatoms. The van der Waals surface area contributed by atoms with Crippen molar-refractivity contribution in [1.29, 1.82) is 0 Å². The SMILES string of the molecule is c1ccc(-c2cc(-c3cccc(-c4ccc(-n5c6ccccc6c6c5ccc5c7ccccc7n(-c7ccccc7)c56)cc4)n3)cc(-c3ccccc3)n2)cc1.c1ccc(-c2cc(-c3cccc(-c4cccc(-n5c6ccccc6c6ccc7c8ccccc8n(-c8ccccc8)c7c65)c4)n3)cc(-c3ccccc3)n2)cc1. The maximum absolute atomic E-state index is 5.32. The van der Waals surface area contributed by atoms with Gasteiger partial charge >= 0.3 is 0 Å². The summed E-state index contributed by atoms with van der Waals surface area (Å²) in [5.74, 6) is 0. The molecule has 0 radical (unpaired) electrons.